The average molecular weight is 634 g/mol. The fourth-order valence-corrected chi connectivity index (χ4v) is 6.35. The number of ketones is 1. The summed E-state index contributed by atoms with van der Waals surface area (Å²) in [6.07, 6.45) is 1.34. The van der Waals surface area contributed by atoms with Crippen molar-refractivity contribution in [1.82, 2.24) is 4.90 Å². The minimum absolute atomic E-state index is 0. The summed E-state index contributed by atoms with van der Waals surface area (Å²) < 4.78 is 27.4. The highest BCUT2D eigenvalue weighted by molar-refractivity contribution is 9.10. The van der Waals surface area contributed by atoms with E-state index in [4.69, 9.17) is 5.41 Å². The average Bonchev–Trinajstić information content (AvgIpc) is 2.92. The number of hydrogen-bond acceptors (Lipinski definition) is 4. The Morgan fingerprint density at radius 2 is 1.34 bits per heavy atom. The van der Waals surface area contributed by atoms with Crippen molar-refractivity contribution in [3.63, 3.8) is 0 Å². The second kappa shape index (κ2) is 12.4. The van der Waals surface area contributed by atoms with Crippen molar-refractivity contribution < 1.29 is 13.2 Å². The minimum Gasteiger partial charge on any atom is -0.357 e. The Labute approximate surface area is 243 Å². The van der Waals surface area contributed by atoms with E-state index in [-0.39, 0.29) is 46.3 Å². The number of nitrogens with zero attached hydrogens (tertiary/aromatic N) is 1. The van der Waals surface area contributed by atoms with Gasteiger partial charge in [-0.05, 0) is 60.0 Å². The highest BCUT2D eigenvalue weighted by Gasteiger charge is 2.28. The molecule has 1 heterocycles. The number of rotatable bonds is 5. The van der Waals surface area contributed by atoms with Gasteiger partial charge in [-0.25, -0.2) is 8.42 Å². The molecule has 0 radical (unpaired) electrons. The van der Waals surface area contributed by atoms with Crippen molar-refractivity contribution in [2.75, 3.05) is 13.1 Å². The number of Topliss-reactive ketones (excluding diaryl/α,β-unsaturated/α-hetero) is 1. The Bertz CT molecular complexity index is 1550. The number of hydrogen-bond donors (Lipinski definition) is 1. The van der Waals surface area contributed by atoms with E-state index in [9.17, 15) is 13.2 Å². The molecule has 9 heteroatoms. The standard InChI is InChI=1S/C29H25BrN2O3S.2ClH/c30-25-10-6-24-19-27(13-9-23(24)18-25)36(34,35)26-11-7-20(8-12-26)28(33)21-14-16-32(17-15-21)29(31)22-4-2-1-3-5-22;;/h1-13,18-19,21,31H,14-17H2;2*1H. The third-order valence-corrected chi connectivity index (χ3v) is 9.02. The molecule has 1 fully saturated rings. The molecule has 0 atom stereocenters. The summed E-state index contributed by atoms with van der Waals surface area (Å²) >= 11 is 3.44. The monoisotopic (exact) mass is 632 g/mol. The fraction of sp³-hybridized carbons (Fsp3) is 0.172. The number of carbonyl (C=O) groups is 1. The van der Waals surface area contributed by atoms with Crippen LogP contribution in [-0.4, -0.2) is 38.0 Å². The molecule has 1 saturated heterocycles. The molecule has 5 nitrogen and oxygen atoms in total. The molecule has 0 amide bonds. The molecule has 0 aromatic heterocycles. The fourth-order valence-electron chi connectivity index (χ4n) is 4.68. The number of amidine groups is 1. The molecular formula is C29H27BrCl2N2O3S. The van der Waals surface area contributed by atoms with Gasteiger partial charge in [0.1, 0.15) is 5.84 Å². The second-order valence-corrected chi connectivity index (χ2v) is 11.9. The van der Waals surface area contributed by atoms with Crippen molar-refractivity contribution >= 4 is 73.0 Å². The summed E-state index contributed by atoms with van der Waals surface area (Å²) in [6, 6.07) is 26.7. The van der Waals surface area contributed by atoms with Crippen LogP contribution in [0.4, 0.5) is 0 Å². The lowest BCUT2D eigenvalue weighted by Gasteiger charge is -2.33. The zero-order valence-electron chi connectivity index (χ0n) is 20.3. The van der Waals surface area contributed by atoms with Gasteiger partial charge in [-0.15, -0.1) is 24.8 Å². The maximum absolute atomic E-state index is 13.2. The van der Waals surface area contributed by atoms with Crippen LogP contribution in [0.5, 0.6) is 0 Å². The zero-order valence-corrected chi connectivity index (χ0v) is 24.4. The highest BCUT2D eigenvalue weighted by Crippen LogP contribution is 2.28. The first-order valence-corrected chi connectivity index (χ1v) is 14.1. The van der Waals surface area contributed by atoms with Gasteiger partial charge in [-0.3, -0.25) is 10.2 Å². The first kappa shape index (κ1) is 29.8. The summed E-state index contributed by atoms with van der Waals surface area (Å²) in [5.41, 5.74) is 1.40. The lowest BCUT2D eigenvalue weighted by molar-refractivity contribution is 0.0872. The number of likely N-dealkylation sites (tertiary alicyclic amines) is 1. The van der Waals surface area contributed by atoms with Crippen LogP contribution in [0.2, 0.25) is 0 Å². The number of sulfone groups is 1. The Kier molecular flexibility index (Phi) is 9.76. The van der Waals surface area contributed by atoms with Gasteiger partial charge in [0.15, 0.2) is 5.78 Å². The van der Waals surface area contributed by atoms with Gasteiger partial charge in [0.25, 0.3) is 0 Å². The quantitative estimate of drug-likeness (QED) is 0.143. The first-order chi connectivity index (χ1) is 17.3. The second-order valence-electron chi connectivity index (χ2n) is 9.02. The number of halogens is 3. The summed E-state index contributed by atoms with van der Waals surface area (Å²) in [5.74, 6) is 0.380. The van der Waals surface area contributed by atoms with Gasteiger partial charge < -0.3 is 4.90 Å². The number of benzene rings is 4. The Morgan fingerprint density at radius 3 is 2.00 bits per heavy atom. The number of piperidine rings is 1. The van der Waals surface area contributed by atoms with E-state index in [1.54, 1.807) is 30.3 Å². The molecule has 0 saturated carbocycles. The highest BCUT2D eigenvalue weighted by atomic mass is 79.9. The molecule has 1 aliphatic heterocycles. The normalized spacial score (nSPS) is 13.9. The van der Waals surface area contributed by atoms with E-state index in [0.717, 1.165) is 20.8 Å². The molecule has 1 N–H and O–H groups in total. The SMILES string of the molecule is Cl.Cl.N=C(c1ccccc1)N1CCC(C(=O)c2ccc(S(=O)(=O)c3ccc4cc(Br)ccc4c3)cc2)CC1. The predicted molar refractivity (Wildman–Crippen MR) is 160 cm³/mol. The number of fused-ring (bicyclic) bond motifs is 1. The van der Waals surface area contributed by atoms with Crippen LogP contribution in [0.15, 0.2) is 105 Å². The zero-order chi connectivity index (χ0) is 25.3. The van der Waals surface area contributed by atoms with Crippen LogP contribution in [-0.2, 0) is 9.84 Å². The molecule has 0 bridgehead atoms. The van der Waals surface area contributed by atoms with Gasteiger partial charge in [-0.2, -0.15) is 0 Å². The molecule has 5 rings (SSSR count). The molecular weight excluding hydrogens is 607 g/mol. The maximum Gasteiger partial charge on any atom is 0.206 e. The molecule has 1 aliphatic rings. The van der Waals surface area contributed by atoms with Crippen LogP contribution in [0, 0.1) is 11.3 Å². The van der Waals surface area contributed by atoms with E-state index in [2.05, 4.69) is 15.9 Å². The van der Waals surface area contributed by atoms with Gasteiger partial charge >= 0.3 is 0 Å². The third-order valence-electron chi connectivity index (χ3n) is 6.76. The summed E-state index contributed by atoms with van der Waals surface area (Å²) in [5, 5.41) is 10.2. The van der Waals surface area contributed by atoms with Crippen LogP contribution < -0.4 is 0 Å². The summed E-state index contributed by atoms with van der Waals surface area (Å²) in [6.45, 7) is 1.30. The minimum atomic E-state index is -3.70. The van der Waals surface area contributed by atoms with E-state index < -0.39 is 9.84 Å². The smallest absolute Gasteiger partial charge is 0.206 e. The topological polar surface area (TPSA) is 78.3 Å². The van der Waals surface area contributed by atoms with Crippen molar-refractivity contribution in [3.8, 4) is 0 Å². The van der Waals surface area contributed by atoms with Crippen LogP contribution in [0.3, 0.4) is 0 Å². The van der Waals surface area contributed by atoms with E-state index >= 15 is 0 Å². The number of carbonyl (C=O) groups excluding carboxylic acids is 1. The van der Waals surface area contributed by atoms with Crippen LogP contribution in [0.1, 0.15) is 28.8 Å². The maximum atomic E-state index is 13.2. The molecule has 4 aromatic carbocycles. The van der Waals surface area contributed by atoms with E-state index in [0.29, 0.717) is 37.3 Å². The molecule has 0 unspecified atom stereocenters. The first-order valence-electron chi connectivity index (χ1n) is 11.8. The van der Waals surface area contributed by atoms with Crippen LogP contribution >= 0.6 is 40.7 Å². The summed E-state index contributed by atoms with van der Waals surface area (Å²) in [4.78, 5) is 15.5. The molecule has 0 aliphatic carbocycles. The van der Waals surface area contributed by atoms with Crippen molar-refractivity contribution in [2.24, 2.45) is 5.92 Å². The molecule has 4 aromatic rings. The third kappa shape index (κ3) is 6.12. The number of nitrogens with one attached hydrogen (secondary N) is 1. The van der Waals surface area contributed by atoms with E-state index in [1.807, 2.05) is 53.4 Å². The Balaban J connectivity index is 0.00000200. The van der Waals surface area contributed by atoms with Gasteiger partial charge in [0.2, 0.25) is 9.84 Å². The lowest BCUT2D eigenvalue weighted by Crippen LogP contribution is -2.40. The van der Waals surface area contributed by atoms with Crippen molar-refractivity contribution in [1.29, 1.82) is 5.41 Å². The van der Waals surface area contributed by atoms with Crippen molar-refractivity contribution in [2.45, 2.75) is 22.6 Å². The lowest BCUT2D eigenvalue weighted by atomic mass is 9.88. The van der Waals surface area contributed by atoms with Crippen molar-refractivity contribution in [3.05, 3.63) is 107 Å². The Hall–Kier alpha value is -2.71. The Morgan fingerprint density at radius 1 is 0.763 bits per heavy atom. The molecule has 38 heavy (non-hydrogen) atoms. The largest absolute Gasteiger partial charge is 0.357 e. The summed E-state index contributed by atoms with van der Waals surface area (Å²) in [7, 11) is -3.70. The van der Waals surface area contributed by atoms with Crippen LogP contribution in [0.25, 0.3) is 10.8 Å². The predicted octanol–water partition coefficient (Wildman–Crippen LogP) is 7.20. The van der Waals surface area contributed by atoms with Gasteiger partial charge in [0.05, 0.1) is 9.79 Å². The van der Waals surface area contributed by atoms with Gasteiger partial charge in [0, 0.05) is 34.6 Å². The molecule has 0 spiro atoms. The van der Waals surface area contributed by atoms with Gasteiger partial charge in [-0.1, -0.05) is 70.5 Å². The molecule has 198 valence electrons. The van der Waals surface area contributed by atoms with E-state index in [1.165, 1.54) is 12.1 Å².